The van der Waals surface area contributed by atoms with Crippen LogP contribution >= 0.6 is 0 Å². The summed E-state index contributed by atoms with van der Waals surface area (Å²) < 4.78 is 0. The number of carbonyl (C=O) groups is 1. The lowest BCUT2D eigenvalue weighted by atomic mass is 9.91. The summed E-state index contributed by atoms with van der Waals surface area (Å²) in [7, 11) is 0. The maximum Gasteiger partial charge on any atom is 0.335 e. The van der Waals surface area contributed by atoms with E-state index in [1.54, 1.807) is 0 Å². The van der Waals surface area contributed by atoms with Crippen molar-refractivity contribution in [2.45, 2.75) is 18.4 Å². The lowest BCUT2D eigenvalue weighted by Crippen LogP contribution is -2.49. The molecule has 17 heavy (non-hydrogen) atoms. The van der Waals surface area contributed by atoms with E-state index in [0.29, 0.717) is 18.8 Å². The van der Waals surface area contributed by atoms with E-state index in [2.05, 4.69) is 0 Å². The van der Waals surface area contributed by atoms with Gasteiger partial charge in [-0.25, -0.2) is 4.79 Å². The molecular formula is C12H16N2O3. The SMILES string of the molecule is Nc1ccccc1N1CCC(O)(C(=O)O)CC1. The van der Waals surface area contributed by atoms with E-state index in [1.165, 1.54) is 0 Å². The molecule has 1 aromatic rings. The van der Waals surface area contributed by atoms with Gasteiger partial charge in [-0.3, -0.25) is 0 Å². The number of carboxylic acid groups (broad SMARTS) is 1. The number of benzene rings is 1. The molecule has 1 aromatic carbocycles. The largest absolute Gasteiger partial charge is 0.479 e. The number of carboxylic acids is 1. The quantitative estimate of drug-likeness (QED) is 0.657. The molecule has 0 atom stereocenters. The molecule has 5 heteroatoms. The highest BCUT2D eigenvalue weighted by atomic mass is 16.4. The van der Waals surface area contributed by atoms with Crippen molar-refractivity contribution in [2.75, 3.05) is 23.7 Å². The summed E-state index contributed by atoms with van der Waals surface area (Å²) in [6.07, 6.45) is 0.438. The number of nitrogens with two attached hydrogens (primary N) is 1. The first-order valence-corrected chi connectivity index (χ1v) is 5.58. The van der Waals surface area contributed by atoms with Gasteiger partial charge in [0.05, 0.1) is 11.4 Å². The number of hydrogen-bond acceptors (Lipinski definition) is 4. The van der Waals surface area contributed by atoms with Gasteiger partial charge in [0, 0.05) is 25.9 Å². The van der Waals surface area contributed by atoms with Crippen LogP contribution in [0.25, 0.3) is 0 Å². The number of aliphatic hydroxyl groups is 1. The molecule has 0 saturated carbocycles. The second-order valence-electron chi connectivity index (χ2n) is 4.38. The maximum absolute atomic E-state index is 10.9. The van der Waals surface area contributed by atoms with Gasteiger partial charge in [-0.2, -0.15) is 0 Å². The average Bonchev–Trinajstić information content (AvgIpc) is 2.31. The fourth-order valence-electron chi connectivity index (χ4n) is 2.11. The molecule has 0 aliphatic carbocycles. The number of hydrogen-bond donors (Lipinski definition) is 3. The van der Waals surface area contributed by atoms with E-state index in [-0.39, 0.29) is 12.8 Å². The highest BCUT2D eigenvalue weighted by Crippen LogP contribution is 2.29. The molecule has 1 fully saturated rings. The topological polar surface area (TPSA) is 86.8 Å². The Hall–Kier alpha value is -1.75. The van der Waals surface area contributed by atoms with Crippen LogP contribution in [0.4, 0.5) is 11.4 Å². The van der Waals surface area contributed by atoms with Crippen molar-refractivity contribution in [3.8, 4) is 0 Å². The normalized spacial score (nSPS) is 19.0. The molecule has 0 bridgehead atoms. The van der Waals surface area contributed by atoms with Gasteiger partial charge in [0.25, 0.3) is 0 Å². The van der Waals surface area contributed by atoms with Crippen LogP contribution in [0.2, 0.25) is 0 Å². The molecule has 0 unspecified atom stereocenters. The van der Waals surface area contributed by atoms with E-state index < -0.39 is 11.6 Å². The number of nitrogens with zero attached hydrogens (tertiary/aromatic N) is 1. The molecule has 1 saturated heterocycles. The Labute approximate surface area is 99.5 Å². The van der Waals surface area contributed by atoms with Gasteiger partial charge in [-0.1, -0.05) is 12.1 Å². The molecular weight excluding hydrogens is 220 g/mol. The monoisotopic (exact) mass is 236 g/mol. The van der Waals surface area contributed by atoms with Gasteiger partial charge >= 0.3 is 5.97 Å². The zero-order valence-corrected chi connectivity index (χ0v) is 9.47. The van der Waals surface area contributed by atoms with Crippen molar-refractivity contribution in [1.82, 2.24) is 0 Å². The summed E-state index contributed by atoms with van der Waals surface area (Å²) >= 11 is 0. The Morgan fingerprint density at radius 2 is 1.88 bits per heavy atom. The van der Waals surface area contributed by atoms with Crippen molar-refractivity contribution in [3.63, 3.8) is 0 Å². The third-order valence-corrected chi connectivity index (χ3v) is 3.27. The fourth-order valence-corrected chi connectivity index (χ4v) is 2.11. The smallest absolute Gasteiger partial charge is 0.335 e. The van der Waals surface area contributed by atoms with Crippen molar-refractivity contribution in [3.05, 3.63) is 24.3 Å². The number of anilines is 2. The number of rotatable bonds is 2. The van der Waals surface area contributed by atoms with Crippen molar-refractivity contribution in [1.29, 1.82) is 0 Å². The Balaban J connectivity index is 2.10. The summed E-state index contributed by atoms with van der Waals surface area (Å²) in [6.45, 7) is 0.994. The van der Waals surface area contributed by atoms with Crippen molar-refractivity contribution < 1.29 is 15.0 Å². The van der Waals surface area contributed by atoms with Gasteiger partial charge in [-0.15, -0.1) is 0 Å². The fraction of sp³-hybridized carbons (Fsp3) is 0.417. The number of nitrogen functional groups attached to an aromatic ring is 1. The predicted molar refractivity (Wildman–Crippen MR) is 64.9 cm³/mol. The molecule has 0 spiro atoms. The molecule has 5 nitrogen and oxygen atoms in total. The first-order chi connectivity index (χ1) is 8.03. The van der Waals surface area contributed by atoms with Crippen LogP contribution in [0.15, 0.2) is 24.3 Å². The second kappa shape index (κ2) is 4.25. The summed E-state index contributed by atoms with van der Waals surface area (Å²) in [6, 6.07) is 7.47. The summed E-state index contributed by atoms with van der Waals surface area (Å²) in [5.74, 6) is -1.14. The zero-order valence-electron chi connectivity index (χ0n) is 9.47. The highest BCUT2D eigenvalue weighted by molar-refractivity contribution is 5.78. The lowest BCUT2D eigenvalue weighted by molar-refractivity contribution is -0.160. The average molecular weight is 236 g/mol. The molecule has 0 amide bonds. The minimum absolute atomic E-state index is 0.219. The van der Waals surface area contributed by atoms with Crippen LogP contribution in [-0.4, -0.2) is 34.9 Å². The summed E-state index contributed by atoms with van der Waals surface area (Å²) in [5, 5.41) is 18.7. The molecule has 0 aromatic heterocycles. The lowest BCUT2D eigenvalue weighted by Gasteiger charge is -2.37. The Bertz CT molecular complexity index is 426. The molecule has 2 rings (SSSR count). The minimum atomic E-state index is -1.58. The zero-order chi connectivity index (χ0) is 12.5. The molecule has 1 aliphatic rings. The first-order valence-electron chi connectivity index (χ1n) is 5.58. The van der Waals surface area contributed by atoms with Gasteiger partial charge in [-0.05, 0) is 12.1 Å². The predicted octanol–water partition coefficient (Wildman–Crippen LogP) is 0.685. The van der Waals surface area contributed by atoms with E-state index in [9.17, 15) is 9.90 Å². The molecule has 1 heterocycles. The standard InChI is InChI=1S/C12H16N2O3/c13-9-3-1-2-4-10(9)14-7-5-12(17,6-8-14)11(15)16/h1-4,17H,5-8,13H2,(H,15,16). The maximum atomic E-state index is 10.9. The van der Waals surface area contributed by atoms with Crippen LogP contribution in [-0.2, 0) is 4.79 Å². The van der Waals surface area contributed by atoms with E-state index in [0.717, 1.165) is 5.69 Å². The number of piperidine rings is 1. The van der Waals surface area contributed by atoms with Crippen LogP contribution < -0.4 is 10.6 Å². The van der Waals surface area contributed by atoms with Gasteiger partial charge in [0.1, 0.15) is 0 Å². The van der Waals surface area contributed by atoms with Crippen LogP contribution in [0.5, 0.6) is 0 Å². The third kappa shape index (κ3) is 2.19. The van der Waals surface area contributed by atoms with E-state index in [1.807, 2.05) is 29.2 Å². The van der Waals surface area contributed by atoms with Gasteiger partial charge in [0.15, 0.2) is 5.60 Å². The Morgan fingerprint density at radius 3 is 2.41 bits per heavy atom. The van der Waals surface area contributed by atoms with Crippen molar-refractivity contribution in [2.24, 2.45) is 0 Å². The molecule has 92 valence electrons. The molecule has 4 N–H and O–H groups in total. The minimum Gasteiger partial charge on any atom is -0.479 e. The summed E-state index contributed by atoms with van der Waals surface area (Å²) in [4.78, 5) is 12.9. The van der Waals surface area contributed by atoms with Crippen LogP contribution in [0.3, 0.4) is 0 Å². The van der Waals surface area contributed by atoms with Crippen molar-refractivity contribution >= 4 is 17.3 Å². The Kier molecular flexibility index (Phi) is 2.93. The molecule has 1 aliphatic heterocycles. The Morgan fingerprint density at radius 1 is 1.29 bits per heavy atom. The number of aliphatic carboxylic acids is 1. The second-order valence-corrected chi connectivity index (χ2v) is 4.38. The van der Waals surface area contributed by atoms with Gasteiger partial charge in [0.2, 0.25) is 0 Å². The van der Waals surface area contributed by atoms with Gasteiger partial charge < -0.3 is 20.8 Å². The third-order valence-electron chi connectivity index (χ3n) is 3.27. The summed E-state index contributed by atoms with van der Waals surface area (Å²) in [5.41, 5.74) is 5.85. The number of para-hydroxylation sites is 2. The van der Waals surface area contributed by atoms with E-state index in [4.69, 9.17) is 10.8 Å². The van der Waals surface area contributed by atoms with Crippen LogP contribution in [0.1, 0.15) is 12.8 Å². The van der Waals surface area contributed by atoms with E-state index >= 15 is 0 Å². The first kappa shape index (κ1) is 11.7. The highest BCUT2D eigenvalue weighted by Gasteiger charge is 2.39. The van der Waals surface area contributed by atoms with Crippen LogP contribution in [0, 0.1) is 0 Å². The molecule has 0 radical (unpaired) electrons.